The molecule has 124 valence electrons. The molecule has 3 aromatic rings. The Balaban J connectivity index is 1.62. The molecule has 0 saturated heterocycles. The topological polar surface area (TPSA) is 56.2 Å². The maximum Gasteiger partial charge on any atom is 0.258 e. The summed E-state index contributed by atoms with van der Waals surface area (Å²) in [6, 6.07) is 17.4. The average Bonchev–Trinajstić information content (AvgIpc) is 2.97. The minimum Gasteiger partial charge on any atom is -0.484 e. The van der Waals surface area contributed by atoms with Gasteiger partial charge >= 0.3 is 0 Å². The molecule has 0 fully saturated rings. The lowest BCUT2D eigenvalue weighted by atomic mass is 10.2. The summed E-state index contributed by atoms with van der Waals surface area (Å²) in [4.78, 5) is 12.0. The lowest BCUT2D eigenvalue weighted by Gasteiger charge is -2.06. The zero-order valence-electron chi connectivity index (χ0n) is 13.7. The highest BCUT2D eigenvalue weighted by Crippen LogP contribution is 2.18. The number of aryl methyl sites for hydroxylation is 1. The van der Waals surface area contributed by atoms with Crippen LogP contribution in [0.3, 0.4) is 0 Å². The minimum absolute atomic E-state index is 0.00237. The molecule has 1 aromatic heterocycles. The summed E-state index contributed by atoms with van der Waals surface area (Å²) in [5.41, 5.74) is 1.98. The van der Waals surface area contributed by atoms with Crippen molar-refractivity contribution in [1.29, 1.82) is 0 Å². The van der Waals surface area contributed by atoms with E-state index in [0.29, 0.717) is 12.3 Å². The predicted octanol–water partition coefficient (Wildman–Crippen LogP) is 3.14. The smallest absolute Gasteiger partial charge is 0.258 e. The normalized spacial score (nSPS) is 10.7. The standard InChI is InChI=1S/C19H21N3O2/c1-2-12-22-18-11-7-6-10-16(18)17(21-22)13-20-19(23)14-24-15-8-4-3-5-9-15/h3-11H,2,12-14H2,1H3,(H,20,23). The summed E-state index contributed by atoms with van der Waals surface area (Å²) in [7, 11) is 0. The monoisotopic (exact) mass is 323 g/mol. The molecule has 0 spiro atoms. The molecule has 1 heterocycles. The summed E-state index contributed by atoms with van der Waals surface area (Å²) in [6.45, 7) is 3.39. The second-order valence-corrected chi connectivity index (χ2v) is 5.57. The van der Waals surface area contributed by atoms with E-state index in [-0.39, 0.29) is 12.5 Å². The van der Waals surface area contributed by atoms with E-state index >= 15 is 0 Å². The number of hydrogen-bond acceptors (Lipinski definition) is 3. The Morgan fingerprint density at radius 2 is 1.88 bits per heavy atom. The summed E-state index contributed by atoms with van der Waals surface area (Å²) in [5, 5.41) is 8.59. The van der Waals surface area contributed by atoms with Crippen molar-refractivity contribution >= 4 is 16.8 Å². The molecule has 0 saturated carbocycles. The van der Waals surface area contributed by atoms with Crippen LogP contribution in [0.5, 0.6) is 5.75 Å². The van der Waals surface area contributed by atoms with Crippen LogP contribution in [0.2, 0.25) is 0 Å². The largest absolute Gasteiger partial charge is 0.484 e. The van der Waals surface area contributed by atoms with Crippen LogP contribution in [0.25, 0.3) is 10.9 Å². The van der Waals surface area contributed by atoms with Gasteiger partial charge in [-0.05, 0) is 24.6 Å². The number of benzene rings is 2. The second-order valence-electron chi connectivity index (χ2n) is 5.57. The van der Waals surface area contributed by atoms with Crippen LogP contribution in [-0.4, -0.2) is 22.3 Å². The first-order chi connectivity index (χ1) is 11.8. The first-order valence-electron chi connectivity index (χ1n) is 8.17. The SMILES string of the molecule is CCCn1nc(CNC(=O)COc2ccccc2)c2ccccc21. The third kappa shape index (κ3) is 3.74. The van der Waals surface area contributed by atoms with Crippen LogP contribution in [0.1, 0.15) is 19.0 Å². The molecule has 24 heavy (non-hydrogen) atoms. The average molecular weight is 323 g/mol. The van der Waals surface area contributed by atoms with Crippen LogP contribution in [0, 0.1) is 0 Å². The predicted molar refractivity (Wildman–Crippen MR) is 93.8 cm³/mol. The van der Waals surface area contributed by atoms with Crippen molar-refractivity contribution in [3.8, 4) is 5.75 Å². The Bertz CT molecular complexity index is 812. The highest BCUT2D eigenvalue weighted by Gasteiger charge is 2.11. The summed E-state index contributed by atoms with van der Waals surface area (Å²) < 4.78 is 7.45. The number of carbonyl (C=O) groups is 1. The molecule has 0 aliphatic carbocycles. The molecule has 2 aromatic carbocycles. The Morgan fingerprint density at radius 3 is 2.67 bits per heavy atom. The van der Waals surface area contributed by atoms with E-state index in [0.717, 1.165) is 29.6 Å². The van der Waals surface area contributed by atoms with Gasteiger partial charge in [0.25, 0.3) is 5.91 Å². The van der Waals surface area contributed by atoms with Crippen molar-refractivity contribution in [2.75, 3.05) is 6.61 Å². The van der Waals surface area contributed by atoms with Gasteiger partial charge in [0.2, 0.25) is 0 Å². The van der Waals surface area contributed by atoms with Gasteiger partial charge in [-0.15, -0.1) is 0 Å². The van der Waals surface area contributed by atoms with Crippen molar-refractivity contribution in [3.63, 3.8) is 0 Å². The van der Waals surface area contributed by atoms with E-state index in [9.17, 15) is 4.79 Å². The van der Waals surface area contributed by atoms with E-state index in [2.05, 4.69) is 23.4 Å². The van der Waals surface area contributed by atoms with Gasteiger partial charge in [-0.25, -0.2) is 0 Å². The van der Waals surface area contributed by atoms with Gasteiger partial charge in [0, 0.05) is 11.9 Å². The van der Waals surface area contributed by atoms with Gasteiger partial charge in [0.15, 0.2) is 6.61 Å². The Morgan fingerprint density at radius 1 is 1.12 bits per heavy atom. The number of aromatic nitrogens is 2. The number of amides is 1. The van der Waals surface area contributed by atoms with Gasteiger partial charge in [-0.3, -0.25) is 9.48 Å². The lowest BCUT2D eigenvalue weighted by molar-refractivity contribution is -0.123. The number of para-hydroxylation sites is 2. The number of fused-ring (bicyclic) bond motifs is 1. The molecule has 0 radical (unpaired) electrons. The highest BCUT2D eigenvalue weighted by atomic mass is 16.5. The van der Waals surface area contributed by atoms with E-state index in [1.807, 2.05) is 53.2 Å². The van der Waals surface area contributed by atoms with Gasteiger partial charge in [-0.1, -0.05) is 43.3 Å². The quantitative estimate of drug-likeness (QED) is 0.727. The molecule has 5 heteroatoms. The fraction of sp³-hybridized carbons (Fsp3) is 0.263. The van der Waals surface area contributed by atoms with Crippen molar-refractivity contribution < 1.29 is 9.53 Å². The van der Waals surface area contributed by atoms with E-state index in [1.54, 1.807) is 0 Å². The molecule has 0 atom stereocenters. The molecular weight excluding hydrogens is 302 g/mol. The minimum atomic E-state index is -0.159. The highest BCUT2D eigenvalue weighted by molar-refractivity contribution is 5.83. The first kappa shape index (κ1) is 16.1. The Labute approximate surface area is 141 Å². The third-order valence-electron chi connectivity index (χ3n) is 3.74. The zero-order chi connectivity index (χ0) is 16.8. The zero-order valence-corrected chi connectivity index (χ0v) is 13.7. The first-order valence-corrected chi connectivity index (χ1v) is 8.17. The summed E-state index contributed by atoms with van der Waals surface area (Å²) in [6.07, 6.45) is 1.02. The van der Waals surface area contributed by atoms with Crippen molar-refractivity contribution in [1.82, 2.24) is 15.1 Å². The van der Waals surface area contributed by atoms with E-state index in [1.165, 1.54) is 0 Å². The van der Waals surface area contributed by atoms with Crippen LogP contribution in [0.4, 0.5) is 0 Å². The van der Waals surface area contributed by atoms with Crippen molar-refractivity contribution in [3.05, 3.63) is 60.3 Å². The number of nitrogens with zero attached hydrogens (tertiary/aromatic N) is 2. The molecule has 0 bridgehead atoms. The van der Waals surface area contributed by atoms with Gasteiger partial charge in [-0.2, -0.15) is 5.10 Å². The van der Waals surface area contributed by atoms with Gasteiger partial charge in [0.05, 0.1) is 17.8 Å². The van der Waals surface area contributed by atoms with Crippen LogP contribution in [0.15, 0.2) is 54.6 Å². The van der Waals surface area contributed by atoms with Crippen molar-refractivity contribution in [2.24, 2.45) is 0 Å². The number of nitrogens with one attached hydrogen (secondary N) is 1. The van der Waals surface area contributed by atoms with E-state index < -0.39 is 0 Å². The molecule has 1 amide bonds. The maximum absolute atomic E-state index is 12.0. The molecule has 0 unspecified atom stereocenters. The fourth-order valence-electron chi connectivity index (χ4n) is 2.61. The third-order valence-corrected chi connectivity index (χ3v) is 3.74. The van der Waals surface area contributed by atoms with Gasteiger partial charge < -0.3 is 10.1 Å². The van der Waals surface area contributed by atoms with E-state index in [4.69, 9.17) is 4.74 Å². The molecule has 0 aliphatic rings. The molecule has 3 rings (SSSR count). The second kappa shape index (κ2) is 7.64. The van der Waals surface area contributed by atoms with Crippen LogP contribution < -0.4 is 10.1 Å². The molecule has 1 N–H and O–H groups in total. The molecule has 5 nitrogen and oxygen atoms in total. The molecule has 0 aliphatic heterocycles. The Kier molecular flexibility index (Phi) is 5.11. The number of rotatable bonds is 7. The fourth-order valence-corrected chi connectivity index (χ4v) is 2.61. The Hall–Kier alpha value is -2.82. The number of hydrogen-bond donors (Lipinski definition) is 1. The number of carbonyl (C=O) groups excluding carboxylic acids is 1. The summed E-state index contributed by atoms with van der Waals surface area (Å²) >= 11 is 0. The number of ether oxygens (including phenoxy) is 1. The van der Waals surface area contributed by atoms with Gasteiger partial charge in [0.1, 0.15) is 5.75 Å². The lowest BCUT2D eigenvalue weighted by Crippen LogP contribution is -2.28. The van der Waals surface area contributed by atoms with Crippen molar-refractivity contribution in [2.45, 2.75) is 26.4 Å². The van der Waals surface area contributed by atoms with Crippen LogP contribution in [-0.2, 0) is 17.9 Å². The maximum atomic E-state index is 12.0. The molecular formula is C19H21N3O2. The summed E-state index contributed by atoms with van der Waals surface area (Å²) in [5.74, 6) is 0.526. The van der Waals surface area contributed by atoms with Crippen LogP contribution >= 0.6 is 0 Å².